The fraction of sp³-hybridized carbons (Fsp3) is 0.619. The molecule has 0 saturated carbocycles. The van der Waals surface area contributed by atoms with Crippen molar-refractivity contribution in [3.8, 4) is 0 Å². The lowest BCUT2D eigenvalue weighted by molar-refractivity contribution is 0.0650. The van der Waals surface area contributed by atoms with Crippen molar-refractivity contribution in [2.45, 2.75) is 84.5 Å². The quantitative estimate of drug-likeness (QED) is 0.438. The van der Waals surface area contributed by atoms with Crippen LogP contribution < -0.4 is 0 Å². The van der Waals surface area contributed by atoms with Crippen molar-refractivity contribution in [1.29, 1.82) is 0 Å². The molecule has 0 radical (unpaired) electrons. The largest absolute Gasteiger partial charge is 0.478 e. The summed E-state index contributed by atoms with van der Waals surface area (Å²) in [7, 11) is 0. The maximum atomic E-state index is 11.4. The van der Waals surface area contributed by atoms with Gasteiger partial charge in [0.1, 0.15) is 0 Å². The van der Waals surface area contributed by atoms with Gasteiger partial charge in [0.25, 0.3) is 0 Å². The van der Waals surface area contributed by atoms with Gasteiger partial charge in [-0.05, 0) is 37.0 Å². The summed E-state index contributed by atoms with van der Waals surface area (Å²) in [5.74, 6) is -2.36. The highest BCUT2D eigenvalue weighted by molar-refractivity contribution is 6.03. The molecule has 0 aliphatic carbocycles. The zero-order valence-electron chi connectivity index (χ0n) is 15.6. The van der Waals surface area contributed by atoms with Crippen LogP contribution in [0.25, 0.3) is 0 Å². The van der Waals surface area contributed by atoms with E-state index < -0.39 is 11.9 Å². The topological polar surface area (TPSA) is 74.6 Å². The molecule has 0 bridgehead atoms. The third-order valence-corrected chi connectivity index (χ3v) is 4.82. The lowest BCUT2D eigenvalue weighted by atomic mass is 9.93. The van der Waals surface area contributed by atoms with Gasteiger partial charge in [-0.3, -0.25) is 0 Å². The maximum Gasteiger partial charge on any atom is 0.336 e. The molecule has 0 atom stereocenters. The summed E-state index contributed by atoms with van der Waals surface area (Å²) < 4.78 is 0. The van der Waals surface area contributed by atoms with Crippen molar-refractivity contribution >= 4 is 11.9 Å². The Bertz CT molecular complexity index is 563. The second-order valence-electron chi connectivity index (χ2n) is 6.81. The summed E-state index contributed by atoms with van der Waals surface area (Å²) in [5.41, 5.74) is 1.33. The van der Waals surface area contributed by atoms with Crippen LogP contribution >= 0.6 is 0 Å². The van der Waals surface area contributed by atoms with Crippen LogP contribution in [-0.2, 0) is 6.42 Å². The molecule has 0 fully saturated rings. The van der Waals surface area contributed by atoms with Crippen LogP contribution in [0.15, 0.2) is 12.1 Å². The Morgan fingerprint density at radius 1 is 0.800 bits per heavy atom. The first-order chi connectivity index (χ1) is 12.0. The third kappa shape index (κ3) is 7.29. The smallest absolute Gasteiger partial charge is 0.336 e. The Labute approximate surface area is 151 Å². The molecule has 0 aliphatic heterocycles. The summed E-state index contributed by atoms with van der Waals surface area (Å²) in [6.45, 7) is 3.94. The van der Waals surface area contributed by atoms with E-state index in [4.69, 9.17) is 5.11 Å². The van der Waals surface area contributed by atoms with Crippen LogP contribution in [-0.4, -0.2) is 22.2 Å². The zero-order chi connectivity index (χ0) is 18.7. The van der Waals surface area contributed by atoms with Crippen molar-refractivity contribution in [3.05, 3.63) is 34.4 Å². The number of unbranched alkanes of at least 4 members (excludes halogenated alkanes) is 9. The third-order valence-electron chi connectivity index (χ3n) is 4.82. The molecule has 0 unspecified atom stereocenters. The van der Waals surface area contributed by atoms with E-state index in [1.54, 1.807) is 13.0 Å². The van der Waals surface area contributed by atoms with Crippen molar-refractivity contribution in [3.63, 3.8) is 0 Å². The monoisotopic (exact) mass is 348 g/mol. The van der Waals surface area contributed by atoms with E-state index in [2.05, 4.69) is 6.92 Å². The average Bonchev–Trinajstić information content (AvgIpc) is 2.56. The molecule has 0 heterocycles. The van der Waals surface area contributed by atoms with Crippen molar-refractivity contribution in [1.82, 2.24) is 0 Å². The van der Waals surface area contributed by atoms with E-state index in [1.807, 2.05) is 0 Å². The normalized spacial score (nSPS) is 10.8. The number of hydrogen-bond donors (Lipinski definition) is 2. The summed E-state index contributed by atoms with van der Waals surface area (Å²) in [6, 6.07) is 3.18. The Balaban J connectivity index is 2.37. The van der Waals surface area contributed by atoms with Crippen LogP contribution in [0.4, 0.5) is 0 Å². The minimum Gasteiger partial charge on any atom is -0.478 e. The molecule has 1 rings (SSSR count). The molecular weight excluding hydrogens is 316 g/mol. The van der Waals surface area contributed by atoms with Crippen molar-refractivity contribution in [2.75, 3.05) is 0 Å². The second-order valence-corrected chi connectivity index (χ2v) is 6.81. The highest BCUT2D eigenvalue weighted by Gasteiger charge is 2.20. The van der Waals surface area contributed by atoms with Gasteiger partial charge in [-0.25, -0.2) is 9.59 Å². The Kier molecular flexibility index (Phi) is 9.90. The minimum atomic E-state index is -1.19. The molecular formula is C21H32O4. The molecule has 0 aromatic heterocycles. The number of rotatable bonds is 13. The fourth-order valence-electron chi connectivity index (χ4n) is 3.28. The van der Waals surface area contributed by atoms with Gasteiger partial charge in [0.05, 0.1) is 11.1 Å². The lowest BCUT2D eigenvalue weighted by Gasteiger charge is -2.11. The molecule has 2 N–H and O–H groups in total. The second kappa shape index (κ2) is 11.7. The molecule has 4 heteroatoms. The molecule has 25 heavy (non-hydrogen) atoms. The highest BCUT2D eigenvalue weighted by atomic mass is 16.4. The van der Waals surface area contributed by atoms with Gasteiger partial charge in [-0.15, -0.1) is 0 Å². The van der Waals surface area contributed by atoms with Gasteiger partial charge in [0.15, 0.2) is 0 Å². The molecule has 140 valence electrons. The molecule has 0 aliphatic rings. The Hall–Kier alpha value is -1.84. The van der Waals surface area contributed by atoms with E-state index >= 15 is 0 Å². The molecule has 0 saturated heterocycles. The fourth-order valence-corrected chi connectivity index (χ4v) is 3.28. The van der Waals surface area contributed by atoms with E-state index in [1.165, 1.54) is 57.4 Å². The van der Waals surface area contributed by atoms with Gasteiger partial charge in [0.2, 0.25) is 0 Å². The van der Waals surface area contributed by atoms with E-state index in [-0.39, 0.29) is 11.1 Å². The van der Waals surface area contributed by atoms with Gasteiger partial charge >= 0.3 is 11.9 Å². The van der Waals surface area contributed by atoms with E-state index in [0.717, 1.165) is 24.8 Å². The molecule has 0 amide bonds. The number of aryl methyl sites for hydroxylation is 1. The number of hydrogen-bond acceptors (Lipinski definition) is 2. The number of carboxylic acids is 2. The first-order valence-electron chi connectivity index (χ1n) is 9.58. The molecule has 1 aromatic carbocycles. The maximum absolute atomic E-state index is 11.4. The predicted octanol–water partition coefficient (Wildman–Crippen LogP) is 5.85. The number of aromatic carboxylic acids is 2. The first kappa shape index (κ1) is 21.2. The van der Waals surface area contributed by atoms with Gasteiger partial charge in [0, 0.05) is 0 Å². The molecule has 4 nitrogen and oxygen atoms in total. The standard InChI is InChI=1S/C21H32O4/c1-3-4-5-6-7-8-9-10-11-12-13-17-14-15-18(20(22)23)19(16(17)2)21(24)25/h14-15H,3-13H2,1-2H3,(H,22,23)(H,24,25). The number of benzene rings is 1. The van der Waals surface area contributed by atoms with E-state index in [9.17, 15) is 14.7 Å². The van der Waals surface area contributed by atoms with Gasteiger partial charge in [-0.1, -0.05) is 70.8 Å². The average molecular weight is 348 g/mol. The van der Waals surface area contributed by atoms with E-state index in [0.29, 0.717) is 5.56 Å². The summed E-state index contributed by atoms with van der Waals surface area (Å²) >= 11 is 0. The van der Waals surface area contributed by atoms with Crippen LogP contribution in [0, 0.1) is 6.92 Å². The van der Waals surface area contributed by atoms with Crippen LogP contribution in [0.1, 0.15) is 103 Å². The predicted molar refractivity (Wildman–Crippen MR) is 101 cm³/mol. The van der Waals surface area contributed by atoms with Gasteiger partial charge in [-0.2, -0.15) is 0 Å². The Morgan fingerprint density at radius 3 is 1.80 bits per heavy atom. The highest BCUT2D eigenvalue weighted by Crippen LogP contribution is 2.21. The Morgan fingerprint density at radius 2 is 1.32 bits per heavy atom. The molecule has 0 spiro atoms. The SMILES string of the molecule is CCCCCCCCCCCCc1ccc(C(=O)O)c(C(=O)O)c1C. The van der Waals surface area contributed by atoms with Crippen molar-refractivity contribution < 1.29 is 19.8 Å². The summed E-state index contributed by atoms with van der Waals surface area (Å²) in [6.07, 6.45) is 13.4. The van der Waals surface area contributed by atoms with Crippen LogP contribution in [0.3, 0.4) is 0 Å². The number of carbonyl (C=O) groups is 2. The van der Waals surface area contributed by atoms with Gasteiger partial charge < -0.3 is 10.2 Å². The van der Waals surface area contributed by atoms with Crippen molar-refractivity contribution in [2.24, 2.45) is 0 Å². The zero-order valence-corrected chi connectivity index (χ0v) is 15.6. The first-order valence-corrected chi connectivity index (χ1v) is 9.58. The number of carboxylic acid groups (broad SMARTS) is 2. The van der Waals surface area contributed by atoms with Crippen LogP contribution in [0.2, 0.25) is 0 Å². The minimum absolute atomic E-state index is 0.0721. The molecule has 1 aromatic rings. The van der Waals surface area contributed by atoms with Crippen LogP contribution in [0.5, 0.6) is 0 Å². The summed E-state index contributed by atoms with van der Waals surface area (Å²) in [5, 5.41) is 18.4. The lowest BCUT2D eigenvalue weighted by Crippen LogP contribution is -2.12. The summed E-state index contributed by atoms with van der Waals surface area (Å²) in [4.78, 5) is 22.5.